The number of para-hydroxylation sites is 2. The molecular weight excluding hydrogens is 1040 g/mol. The quantitative estimate of drug-likeness (QED) is 0.0306. The first-order valence-electron chi connectivity index (χ1n) is 27.2. The average molecular weight is 1120 g/mol. The van der Waals surface area contributed by atoms with Gasteiger partial charge in [-0.25, -0.2) is 32.4 Å². The number of anilines is 4. The molecule has 2 amide bonds. The van der Waals surface area contributed by atoms with Gasteiger partial charge >= 0.3 is 0 Å². The molecule has 80 heavy (non-hydrogen) atoms. The third-order valence-corrected chi connectivity index (χ3v) is 15.0. The van der Waals surface area contributed by atoms with Crippen LogP contribution in [0.3, 0.4) is 0 Å². The van der Waals surface area contributed by atoms with Gasteiger partial charge in [0.15, 0.2) is 17.5 Å². The number of fused-ring (bicyclic) bond motifs is 1. The minimum absolute atomic E-state index is 0.0250. The van der Waals surface area contributed by atoms with E-state index in [1.165, 1.54) is 16.7 Å². The van der Waals surface area contributed by atoms with Crippen molar-refractivity contribution in [2.24, 2.45) is 5.41 Å². The monoisotopic (exact) mass is 1120 g/mol. The largest absolute Gasteiger partial charge is 0.378 e. The second-order valence-corrected chi connectivity index (χ2v) is 23.2. The molecule has 438 valence electrons. The highest BCUT2D eigenvalue weighted by Crippen LogP contribution is 2.32. The lowest BCUT2D eigenvalue weighted by atomic mass is 9.91. The maximum Gasteiger partial charge on any atom is 0.296 e. The van der Waals surface area contributed by atoms with E-state index < -0.39 is 57.9 Å². The molecule has 0 aliphatic carbocycles. The van der Waals surface area contributed by atoms with Crippen LogP contribution in [0.1, 0.15) is 103 Å². The lowest BCUT2D eigenvalue weighted by Crippen LogP contribution is -2.53. The Morgan fingerprint density at radius 2 is 1.38 bits per heavy atom. The van der Waals surface area contributed by atoms with Gasteiger partial charge < -0.3 is 39.1 Å². The zero-order valence-corrected chi connectivity index (χ0v) is 48.1. The molecule has 23 heteroatoms. The predicted molar refractivity (Wildman–Crippen MR) is 297 cm³/mol. The van der Waals surface area contributed by atoms with Gasteiger partial charge in [0.1, 0.15) is 5.82 Å². The molecule has 3 aromatic carbocycles. The zero-order chi connectivity index (χ0) is 58.2. The van der Waals surface area contributed by atoms with Gasteiger partial charge in [0.25, 0.3) is 12.3 Å². The van der Waals surface area contributed by atoms with E-state index in [2.05, 4.69) is 53.5 Å². The minimum atomic E-state index is -2.87. The average Bonchev–Trinajstić information content (AvgIpc) is 3.88. The molecule has 18 nitrogen and oxygen atoms in total. The summed E-state index contributed by atoms with van der Waals surface area (Å²) < 4.78 is 92.2. The van der Waals surface area contributed by atoms with E-state index in [4.69, 9.17) is 34.0 Å². The van der Waals surface area contributed by atoms with Crippen LogP contribution in [0.4, 0.5) is 45.2 Å². The predicted octanol–water partition coefficient (Wildman–Crippen LogP) is 8.89. The molecular formula is C57H79F5N12O6. The molecule has 0 radical (unpaired) electrons. The van der Waals surface area contributed by atoms with Gasteiger partial charge in [-0.2, -0.15) is 15.0 Å². The van der Waals surface area contributed by atoms with Gasteiger partial charge in [0.05, 0.1) is 71.0 Å². The smallest absolute Gasteiger partial charge is 0.296 e. The standard InChI is InChI=1S/C57H79F5N12O6/c1-38-16-19-42(41(59)36-38)63-46-39(17-18-40(58)45(46)60)49(75)68-80-33-22-57(8,9)78-32-21-55(4,5)70(11)25-24-69(10)23-20-56(6,7)79-37-54(2,3)50(76)71-26-28-72(29-27-71)51-65-52(73-30-34-77-35-31-73)67-53(66-51)74-44-15-13-12-14-43(44)64-48(74)47(61)62/h12-19,36,47,63H,20-35,37H2,1-11H3,(H,68,75). The number of halogens is 5. The summed E-state index contributed by atoms with van der Waals surface area (Å²) in [5.74, 6) is -3.79. The van der Waals surface area contributed by atoms with Crippen LogP contribution in [0.2, 0.25) is 0 Å². The molecule has 0 bridgehead atoms. The van der Waals surface area contributed by atoms with Crippen molar-refractivity contribution in [2.75, 3.05) is 121 Å². The van der Waals surface area contributed by atoms with Crippen LogP contribution >= 0.6 is 0 Å². The number of alkyl halides is 2. The van der Waals surface area contributed by atoms with E-state index in [-0.39, 0.29) is 41.9 Å². The summed E-state index contributed by atoms with van der Waals surface area (Å²) in [5, 5.41) is 2.51. The Hall–Kier alpha value is -6.11. The number of benzene rings is 3. The second kappa shape index (κ2) is 26.2. The Balaban J connectivity index is 0.817. The molecule has 2 aliphatic heterocycles. The zero-order valence-electron chi connectivity index (χ0n) is 48.1. The molecule has 0 spiro atoms. The summed E-state index contributed by atoms with van der Waals surface area (Å²) in [6, 6.07) is 13.0. The number of piperazine rings is 1. The summed E-state index contributed by atoms with van der Waals surface area (Å²) in [4.78, 5) is 61.4. The highest BCUT2D eigenvalue weighted by atomic mass is 19.3. The number of amides is 2. The number of carbonyl (C=O) groups excluding carboxylic acids is 2. The van der Waals surface area contributed by atoms with E-state index in [0.717, 1.165) is 44.6 Å². The highest BCUT2D eigenvalue weighted by Gasteiger charge is 2.37. The molecule has 0 unspecified atom stereocenters. The molecule has 2 fully saturated rings. The number of rotatable bonds is 26. The lowest BCUT2D eigenvalue weighted by molar-refractivity contribution is -0.148. The summed E-state index contributed by atoms with van der Waals surface area (Å²) in [7, 11) is 4.18. The number of nitrogens with zero attached hydrogens (tertiary/aromatic N) is 10. The van der Waals surface area contributed by atoms with E-state index in [1.54, 1.807) is 37.3 Å². The number of carbonyl (C=O) groups is 2. The fourth-order valence-electron chi connectivity index (χ4n) is 9.16. The van der Waals surface area contributed by atoms with Crippen LogP contribution in [0, 0.1) is 29.8 Å². The van der Waals surface area contributed by atoms with Crippen molar-refractivity contribution < 1.29 is 50.6 Å². The Morgan fingerprint density at radius 1 is 0.725 bits per heavy atom. The number of hydroxylamine groups is 1. The number of hydrogen-bond donors (Lipinski definition) is 2. The summed E-state index contributed by atoms with van der Waals surface area (Å²) in [6.45, 7) is 24.6. The topological polar surface area (TPSA) is 168 Å². The first-order chi connectivity index (χ1) is 37.7. The fourth-order valence-corrected chi connectivity index (χ4v) is 9.16. The van der Waals surface area contributed by atoms with Gasteiger partial charge in [-0.05, 0) is 131 Å². The third kappa shape index (κ3) is 15.9. The van der Waals surface area contributed by atoms with Crippen molar-refractivity contribution in [2.45, 2.75) is 105 Å². The molecule has 0 saturated carbocycles. The summed E-state index contributed by atoms with van der Waals surface area (Å²) in [6.07, 6.45) is -0.990. The minimum Gasteiger partial charge on any atom is -0.378 e. The van der Waals surface area contributed by atoms with Crippen molar-refractivity contribution in [3.63, 3.8) is 0 Å². The van der Waals surface area contributed by atoms with Crippen LogP contribution in [-0.2, 0) is 23.8 Å². The number of ether oxygens (including phenoxy) is 3. The van der Waals surface area contributed by atoms with Gasteiger partial charge in [0.2, 0.25) is 23.8 Å². The fraction of sp³-hybridized carbons (Fsp3) is 0.579. The molecule has 7 rings (SSSR count). The van der Waals surface area contributed by atoms with Crippen molar-refractivity contribution in [3.05, 3.63) is 89.0 Å². The Kier molecular flexibility index (Phi) is 20.2. The van der Waals surface area contributed by atoms with Crippen molar-refractivity contribution in [1.82, 2.24) is 44.7 Å². The first kappa shape index (κ1) is 61.5. The van der Waals surface area contributed by atoms with Crippen molar-refractivity contribution >= 4 is 46.1 Å². The second-order valence-electron chi connectivity index (χ2n) is 23.2. The first-order valence-corrected chi connectivity index (χ1v) is 27.2. The van der Waals surface area contributed by atoms with Gasteiger partial charge in [-0.3, -0.25) is 23.9 Å². The van der Waals surface area contributed by atoms with E-state index in [1.807, 2.05) is 56.2 Å². The Bertz CT molecular complexity index is 2910. The van der Waals surface area contributed by atoms with Gasteiger partial charge in [0, 0.05) is 77.5 Å². The summed E-state index contributed by atoms with van der Waals surface area (Å²) in [5.41, 5.74) is 0.742. The van der Waals surface area contributed by atoms with E-state index in [9.17, 15) is 31.5 Å². The molecule has 0 atom stereocenters. The number of hydrogen-bond acceptors (Lipinski definition) is 15. The molecule has 2 aromatic heterocycles. The molecule has 5 aromatic rings. The van der Waals surface area contributed by atoms with Gasteiger partial charge in [-0.1, -0.05) is 18.2 Å². The highest BCUT2D eigenvalue weighted by molar-refractivity contribution is 6.00. The van der Waals surface area contributed by atoms with Crippen LogP contribution < -0.4 is 20.6 Å². The molecule has 4 heterocycles. The number of likely N-dealkylation sites (N-methyl/N-ethyl adjacent to an activating group) is 2. The van der Waals surface area contributed by atoms with Crippen LogP contribution in [0.15, 0.2) is 54.6 Å². The number of imidazole rings is 1. The third-order valence-electron chi connectivity index (χ3n) is 15.0. The van der Waals surface area contributed by atoms with Crippen LogP contribution in [0.25, 0.3) is 17.0 Å². The maximum absolute atomic E-state index is 14.9. The number of aryl methyl sites for hydroxylation is 1. The molecule has 2 aliphatic rings. The Morgan fingerprint density at radius 3 is 2.05 bits per heavy atom. The normalized spacial score (nSPS) is 15.0. The van der Waals surface area contributed by atoms with Crippen LogP contribution in [-0.4, -0.2) is 174 Å². The van der Waals surface area contributed by atoms with Crippen molar-refractivity contribution in [1.29, 1.82) is 0 Å². The molecule has 2 saturated heterocycles. The summed E-state index contributed by atoms with van der Waals surface area (Å²) >= 11 is 0. The van der Waals surface area contributed by atoms with E-state index >= 15 is 0 Å². The maximum atomic E-state index is 14.9. The number of nitrogens with one attached hydrogen (secondary N) is 2. The van der Waals surface area contributed by atoms with Crippen molar-refractivity contribution in [3.8, 4) is 5.95 Å². The SMILES string of the molecule is Cc1ccc(Nc2c(C(=O)NOCCC(C)(C)OCCC(C)(C)N(C)CCN(C)CCC(C)(C)OCC(C)(C)C(=O)N3CCN(c4nc(N5CCOCC5)nc(-n5c(C(F)F)nc6ccccc65)n4)CC3)ccc(F)c2F)c(F)c1. The van der Waals surface area contributed by atoms with E-state index in [0.29, 0.717) is 94.0 Å². The Labute approximate surface area is 466 Å². The van der Waals surface area contributed by atoms with Gasteiger partial charge in [-0.15, -0.1) is 0 Å². The number of aromatic nitrogens is 5. The number of morpholine rings is 1. The molecule has 2 N–H and O–H groups in total. The lowest BCUT2D eigenvalue weighted by Gasteiger charge is -2.40. The van der Waals surface area contributed by atoms with Crippen LogP contribution in [0.5, 0.6) is 0 Å².